The number of fused-ring (bicyclic) bond motifs is 1. The third kappa shape index (κ3) is 3.86. The van der Waals surface area contributed by atoms with Crippen LogP contribution < -0.4 is 17.0 Å². The average molecular weight is 405 g/mol. The van der Waals surface area contributed by atoms with E-state index >= 15 is 0 Å². The van der Waals surface area contributed by atoms with Gasteiger partial charge in [0.15, 0.2) is 5.65 Å². The van der Waals surface area contributed by atoms with E-state index in [4.69, 9.17) is 5.73 Å². The van der Waals surface area contributed by atoms with Crippen molar-refractivity contribution < 1.29 is 0 Å². The summed E-state index contributed by atoms with van der Waals surface area (Å²) in [7, 11) is 0. The van der Waals surface area contributed by atoms with Crippen molar-refractivity contribution in [1.82, 2.24) is 29.3 Å². The van der Waals surface area contributed by atoms with Crippen molar-refractivity contribution in [1.29, 1.82) is 0 Å². The summed E-state index contributed by atoms with van der Waals surface area (Å²) in [6, 6.07) is 9.38. The predicted molar refractivity (Wildman–Crippen MR) is 114 cm³/mol. The molecule has 30 heavy (non-hydrogen) atoms. The van der Waals surface area contributed by atoms with Gasteiger partial charge in [-0.1, -0.05) is 19.1 Å². The fourth-order valence-electron chi connectivity index (χ4n) is 3.46. The van der Waals surface area contributed by atoms with E-state index in [2.05, 4.69) is 20.2 Å². The Morgan fingerprint density at radius 3 is 2.50 bits per heavy atom. The highest BCUT2D eigenvalue weighted by atomic mass is 16.2. The Morgan fingerprint density at radius 2 is 1.80 bits per heavy atom. The first-order valence-electron chi connectivity index (χ1n) is 9.89. The number of aryl methyl sites for hydroxylation is 2. The zero-order valence-electron chi connectivity index (χ0n) is 16.7. The summed E-state index contributed by atoms with van der Waals surface area (Å²) in [6.07, 6.45) is 5.02. The van der Waals surface area contributed by atoms with Crippen LogP contribution >= 0.6 is 0 Å². The molecule has 0 aliphatic rings. The second-order valence-corrected chi connectivity index (χ2v) is 7.19. The molecule has 0 saturated heterocycles. The molecular weight excluding hydrogens is 382 g/mol. The summed E-state index contributed by atoms with van der Waals surface area (Å²) < 4.78 is 2.86. The van der Waals surface area contributed by atoms with E-state index in [0.29, 0.717) is 55.0 Å². The molecule has 0 fully saturated rings. The number of nitrogens with one attached hydrogen (secondary N) is 1. The molecule has 3 aromatic heterocycles. The van der Waals surface area contributed by atoms with E-state index in [9.17, 15) is 9.59 Å². The van der Waals surface area contributed by atoms with E-state index in [1.54, 1.807) is 17.0 Å². The molecule has 9 heteroatoms. The van der Waals surface area contributed by atoms with Crippen LogP contribution in [0, 0.1) is 0 Å². The van der Waals surface area contributed by atoms with Crippen LogP contribution in [0.5, 0.6) is 0 Å². The standard InChI is InChI=1S/C21H23N7O2/c1-2-10-28-20(29)18-19(26-17(25-18)12-15-7-9-23-24-13-15)27(21(28)30)11-8-14-3-5-16(22)6-4-14/h3-7,9,13H,2,8,10-12,22H2,1H3,(H,25,26). The van der Waals surface area contributed by atoms with Crippen molar-refractivity contribution in [2.45, 2.75) is 39.3 Å². The fourth-order valence-corrected chi connectivity index (χ4v) is 3.46. The Kier molecular flexibility index (Phi) is 5.42. The monoisotopic (exact) mass is 405 g/mol. The Hall–Kier alpha value is -3.75. The summed E-state index contributed by atoms with van der Waals surface area (Å²) >= 11 is 0. The SMILES string of the molecule is CCCn1c(=O)c2[nH]c(Cc3ccnnc3)nc2n(CCc2ccc(N)cc2)c1=O. The lowest BCUT2D eigenvalue weighted by molar-refractivity contribution is 0.559. The lowest BCUT2D eigenvalue weighted by Crippen LogP contribution is -2.40. The number of rotatable bonds is 7. The average Bonchev–Trinajstić information content (AvgIpc) is 3.17. The van der Waals surface area contributed by atoms with Crippen LogP contribution in [0.1, 0.15) is 30.3 Å². The quantitative estimate of drug-likeness (QED) is 0.449. The van der Waals surface area contributed by atoms with Gasteiger partial charge in [0.25, 0.3) is 5.56 Å². The van der Waals surface area contributed by atoms with Gasteiger partial charge in [-0.15, -0.1) is 0 Å². The molecule has 0 spiro atoms. The van der Waals surface area contributed by atoms with Crippen LogP contribution in [0.3, 0.4) is 0 Å². The highest BCUT2D eigenvalue weighted by Crippen LogP contribution is 2.12. The van der Waals surface area contributed by atoms with Gasteiger partial charge in [-0.2, -0.15) is 10.2 Å². The molecule has 0 atom stereocenters. The number of aromatic nitrogens is 6. The second kappa shape index (κ2) is 8.32. The second-order valence-electron chi connectivity index (χ2n) is 7.19. The molecule has 154 valence electrons. The number of hydrogen-bond donors (Lipinski definition) is 2. The molecule has 4 aromatic rings. The van der Waals surface area contributed by atoms with E-state index in [-0.39, 0.29) is 11.2 Å². The van der Waals surface area contributed by atoms with E-state index < -0.39 is 0 Å². The van der Waals surface area contributed by atoms with Gasteiger partial charge >= 0.3 is 5.69 Å². The summed E-state index contributed by atoms with van der Waals surface area (Å²) in [5.74, 6) is 0.602. The molecule has 3 N–H and O–H groups in total. The first-order chi connectivity index (χ1) is 14.6. The van der Waals surface area contributed by atoms with E-state index in [1.807, 2.05) is 37.3 Å². The first kappa shape index (κ1) is 19.6. The molecule has 1 aromatic carbocycles. The fraction of sp³-hybridized carbons (Fsp3) is 0.286. The molecule has 0 bridgehead atoms. The van der Waals surface area contributed by atoms with Crippen molar-refractivity contribution in [2.75, 3.05) is 5.73 Å². The number of aromatic amines is 1. The van der Waals surface area contributed by atoms with Gasteiger partial charge in [-0.05, 0) is 42.2 Å². The van der Waals surface area contributed by atoms with E-state index in [0.717, 1.165) is 11.1 Å². The number of nitrogens with zero attached hydrogens (tertiary/aromatic N) is 5. The van der Waals surface area contributed by atoms with Crippen LogP contribution in [0.2, 0.25) is 0 Å². The van der Waals surface area contributed by atoms with Crippen LogP contribution in [0.25, 0.3) is 11.2 Å². The lowest BCUT2D eigenvalue weighted by atomic mass is 10.1. The number of hydrogen-bond acceptors (Lipinski definition) is 6. The number of H-pyrrole nitrogens is 1. The molecule has 4 rings (SSSR count). The van der Waals surface area contributed by atoms with Crippen molar-refractivity contribution >= 4 is 16.9 Å². The van der Waals surface area contributed by atoms with E-state index in [1.165, 1.54) is 4.57 Å². The molecule has 0 radical (unpaired) electrons. The molecule has 9 nitrogen and oxygen atoms in total. The molecule has 0 aliphatic carbocycles. The predicted octanol–water partition coefficient (Wildman–Crippen LogP) is 1.50. The van der Waals surface area contributed by atoms with Gasteiger partial charge in [0, 0.05) is 31.4 Å². The summed E-state index contributed by atoms with van der Waals surface area (Å²) in [5.41, 5.74) is 8.45. The third-order valence-electron chi connectivity index (χ3n) is 4.98. The minimum absolute atomic E-state index is 0.339. The van der Waals surface area contributed by atoms with Crippen molar-refractivity contribution in [3.05, 3.63) is 80.5 Å². The maximum atomic E-state index is 13.1. The summed E-state index contributed by atoms with van der Waals surface area (Å²) in [5, 5.41) is 7.64. The van der Waals surface area contributed by atoms with Crippen LogP contribution in [-0.4, -0.2) is 29.3 Å². The van der Waals surface area contributed by atoms with Gasteiger partial charge in [0.2, 0.25) is 0 Å². The van der Waals surface area contributed by atoms with Gasteiger partial charge in [-0.3, -0.25) is 13.9 Å². The van der Waals surface area contributed by atoms with Gasteiger partial charge in [0.05, 0.1) is 6.20 Å². The summed E-state index contributed by atoms with van der Waals surface area (Å²) in [4.78, 5) is 33.7. The Balaban J connectivity index is 1.76. The number of benzene rings is 1. The number of nitrogens with two attached hydrogens (primary N) is 1. The number of nitrogen functional groups attached to an aromatic ring is 1. The molecule has 0 saturated carbocycles. The smallest absolute Gasteiger partial charge is 0.332 e. The Labute approximate surface area is 172 Å². The largest absolute Gasteiger partial charge is 0.399 e. The van der Waals surface area contributed by atoms with Crippen molar-refractivity contribution in [2.24, 2.45) is 0 Å². The van der Waals surface area contributed by atoms with Gasteiger partial charge in [0.1, 0.15) is 11.3 Å². The van der Waals surface area contributed by atoms with Crippen molar-refractivity contribution in [3.63, 3.8) is 0 Å². The zero-order chi connectivity index (χ0) is 21.1. The van der Waals surface area contributed by atoms with Crippen molar-refractivity contribution in [3.8, 4) is 0 Å². The minimum Gasteiger partial charge on any atom is -0.399 e. The van der Waals surface area contributed by atoms with Crippen LogP contribution in [0.4, 0.5) is 5.69 Å². The third-order valence-corrected chi connectivity index (χ3v) is 4.98. The minimum atomic E-state index is -0.341. The zero-order valence-corrected chi connectivity index (χ0v) is 16.7. The van der Waals surface area contributed by atoms with Gasteiger partial charge in [-0.25, -0.2) is 9.78 Å². The highest BCUT2D eigenvalue weighted by molar-refractivity contribution is 5.70. The Morgan fingerprint density at radius 1 is 1.00 bits per heavy atom. The number of imidazole rings is 1. The van der Waals surface area contributed by atoms with Crippen LogP contribution in [0.15, 0.2) is 52.3 Å². The maximum absolute atomic E-state index is 13.1. The maximum Gasteiger partial charge on any atom is 0.332 e. The highest BCUT2D eigenvalue weighted by Gasteiger charge is 2.17. The molecule has 0 amide bonds. The van der Waals surface area contributed by atoms with Gasteiger partial charge < -0.3 is 10.7 Å². The Bertz CT molecular complexity index is 1270. The van der Waals surface area contributed by atoms with Crippen LogP contribution in [-0.2, 0) is 25.9 Å². The molecule has 0 unspecified atom stereocenters. The normalized spacial score (nSPS) is 11.2. The molecule has 3 heterocycles. The molecular formula is C21H23N7O2. The lowest BCUT2D eigenvalue weighted by Gasteiger charge is -2.11. The summed E-state index contributed by atoms with van der Waals surface area (Å²) in [6.45, 7) is 2.70. The first-order valence-corrected chi connectivity index (χ1v) is 9.89. The molecule has 0 aliphatic heterocycles. The topological polar surface area (TPSA) is 124 Å². The number of anilines is 1.